The van der Waals surface area contributed by atoms with E-state index in [1.54, 1.807) is 9.08 Å². The summed E-state index contributed by atoms with van der Waals surface area (Å²) in [5.41, 5.74) is 1.17. The normalized spacial score (nSPS) is 11.0. The molecule has 0 aliphatic heterocycles. The van der Waals surface area contributed by atoms with Crippen LogP contribution < -0.4 is 16.0 Å². The molecule has 0 saturated carbocycles. The van der Waals surface area contributed by atoms with E-state index in [9.17, 15) is 4.79 Å². The third kappa shape index (κ3) is 5.56. The second-order valence-electron chi connectivity index (χ2n) is 6.31. The maximum absolute atomic E-state index is 12.2. The van der Waals surface area contributed by atoms with Crippen LogP contribution in [0.5, 0.6) is 0 Å². The lowest BCUT2D eigenvalue weighted by Crippen LogP contribution is -2.26. The minimum atomic E-state index is -0.0480. The van der Waals surface area contributed by atoms with Gasteiger partial charge in [-0.05, 0) is 32.3 Å². The number of carbonyl (C=O) groups is 1. The van der Waals surface area contributed by atoms with Crippen molar-refractivity contribution < 1.29 is 4.79 Å². The largest absolute Gasteiger partial charge is 0.355 e. The topological polar surface area (TPSA) is 127 Å². The molecule has 0 fully saturated rings. The van der Waals surface area contributed by atoms with E-state index in [1.807, 2.05) is 33.3 Å². The molecular weight excluding hydrogens is 392 g/mol. The third-order valence-electron chi connectivity index (χ3n) is 3.97. The molecule has 3 aromatic heterocycles. The zero-order valence-electron chi connectivity index (χ0n) is 16.8. The Kier molecular flexibility index (Phi) is 7.22. The van der Waals surface area contributed by atoms with Gasteiger partial charge in [-0.2, -0.15) is 15.1 Å². The van der Waals surface area contributed by atoms with Crippen molar-refractivity contribution in [3.05, 3.63) is 18.0 Å². The number of aromatic nitrogens is 7. The molecule has 0 aromatic carbocycles. The minimum absolute atomic E-state index is 0.0480. The van der Waals surface area contributed by atoms with Crippen LogP contribution in [0, 0.1) is 0 Å². The molecule has 29 heavy (non-hydrogen) atoms. The highest BCUT2D eigenvalue weighted by molar-refractivity contribution is 7.99. The number of amides is 1. The van der Waals surface area contributed by atoms with E-state index < -0.39 is 0 Å². The lowest BCUT2D eigenvalue weighted by Gasteiger charge is -2.09. The molecule has 0 aliphatic rings. The summed E-state index contributed by atoms with van der Waals surface area (Å²) >= 11 is 1.31. The van der Waals surface area contributed by atoms with Crippen LogP contribution in [-0.4, -0.2) is 65.6 Å². The van der Waals surface area contributed by atoms with Crippen LogP contribution in [0.2, 0.25) is 0 Å². The SMILES string of the molecule is CCNc1nc(NCC)n2c(SCC(=O)NCCCc3cnn(C)c3)nnc2n1. The molecule has 0 bridgehead atoms. The Morgan fingerprint density at radius 1 is 1.17 bits per heavy atom. The van der Waals surface area contributed by atoms with Crippen LogP contribution in [0.1, 0.15) is 25.8 Å². The van der Waals surface area contributed by atoms with E-state index in [2.05, 4.69) is 41.2 Å². The van der Waals surface area contributed by atoms with E-state index in [0.29, 0.717) is 42.5 Å². The van der Waals surface area contributed by atoms with Crippen molar-refractivity contribution in [2.75, 3.05) is 36.0 Å². The molecule has 12 heteroatoms. The van der Waals surface area contributed by atoms with Crippen LogP contribution in [0.25, 0.3) is 5.78 Å². The van der Waals surface area contributed by atoms with Gasteiger partial charge in [0.25, 0.3) is 5.78 Å². The second-order valence-corrected chi connectivity index (χ2v) is 7.26. The summed E-state index contributed by atoms with van der Waals surface area (Å²) in [5.74, 6) is 1.72. The third-order valence-corrected chi connectivity index (χ3v) is 4.90. The lowest BCUT2D eigenvalue weighted by atomic mass is 10.2. The number of nitrogens with one attached hydrogen (secondary N) is 3. The van der Waals surface area contributed by atoms with Gasteiger partial charge in [-0.3, -0.25) is 9.48 Å². The van der Waals surface area contributed by atoms with Gasteiger partial charge in [-0.25, -0.2) is 4.40 Å². The average molecular weight is 419 g/mol. The number of anilines is 2. The van der Waals surface area contributed by atoms with Gasteiger partial charge in [0.05, 0.1) is 11.9 Å². The molecule has 3 N–H and O–H groups in total. The van der Waals surface area contributed by atoms with Crippen LogP contribution in [0.15, 0.2) is 17.6 Å². The maximum atomic E-state index is 12.2. The molecular formula is C17H26N10OS. The fourth-order valence-corrected chi connectivity index (χ4v) is 3.46. The number of fused-ring (bicyclic) bond motifs is 1. The van der Waals surface area contributed by atoms with E-state index in [0.717, 1.165) is 12.8 Å². The first-order chi connectivity index (χ1) is 14.1. The summed E-state index contributed by atoms with van der Waals surface area (Å²) in [6.07, 6.45) is 5.58. The zero-order valence-corrected chi connectivity index (χ0v) is 17.7. The number of hydrogen-bond donors (Lipinski definition) is 3. The highest BCUT2D eigenvalue weighted by atomic mass is 32.2. The number of thioether (sulfide) groups is 1. The first-order valence-electron chi connectivity index (χ1n) is 9.58. The van der Waals surface area contributed by atoms with Crippen molar-refractivity contribution in [3.63, 3.8) is 0 Å². The van der Waals surface area contributed by atoms with Gasteiger partial charge in [-0.1, -0.05) is 11.8 Å². The highest BCUT2D eigenvalue weighted by Crippen LogP contribution is 2.20. The number of hydrogen-bond acceptors (Lipinski definition) is 9. The second kappa shape index (κ2) is 10.0. The van der Waals surface area contributed by atoms with Crippen LogP contribution >= 0.6 is 11.8 Å². The van der Waals surface area contributed by atoms with Gasteiger partial charge in [0, 0.05) is 32.9 Å². The Labute approximate surface area is 173 Å². The number of rotatable bonds is 11. The van der Waals surface area contributed by atoms with Gasteiger partial charge >= 0.3 is 0 Å². The fourth-order valence-electron chi connectivity index (χ4n) is 2.70. The zero-order chi connectivity index (χ0) is 20.6. The molecule has 156 valence electrons. The number of carbonyl (C=O) groups excluding carboxylic acids is 1. The molecule has 0 aliphatic carbocycles. The first kappa shape index (κ1) is 20.8. The molecule has 0 unspecified atom stereocenters. The summed E-state index contributed by atoms with van der Waals surface area (Å²) in [4.78, 5) is 21.0. The minimum Gasteiger partial charge on any atom is -0.355 e. The maximum Gasteiger partial charge on any atom is 0.261 e. The lowest BCUT2D eigenvalue weighted by molar-refractivity contribution is -0.118. The molecule has 1 amide bonds. The molecule has 0 radical (unpaired) electrons. The molecule has 0 atom stereocenters. The number of aryl methyl sites for hydroxylation is 2. The predicted molar refractivity (Wildman–Crippen MR) is 112 cm³/mol. The van der Waals surface area contributed by atoms with E-state index in [1.165, 1.54) is 17.3 Å². The van der Waals surface area contributed by atoms with Crippen molar-refractivity contribution in [1.82, 2.24) is 39.7 Å². The van der Waals surface area contributed by atoms with Crippen molar-refractivity contribution in [3.8, 4) is 0 Å². The van der Waals surface area contributed by atoms with Crippen LogP contribution in [-0.2, 0) is 18.3 Å². The Balaban J connectivity index is 1.54. The molecule has 3 aromatic rings. The van der Waals surface area contributed by atoms with Gasteiger partial charge in [0.2, 0.25) is 17.8 Å². The Hall–Kier alpha value is -2.89. The fraction of sp³-hybridized carbons (Fsp3) is 0.529. The van der Waals surface area contributed by atoms with Crippen molar-refractivity contribution >= 4 is 35.3 Å². The van der Waals surface area contributed by atoms with Gasteiger partial charge in [0.15, 0.2) is 5.16 Å². The molecule has 11 nitrogen and oxygen atoms in total. The van der Waals surface area contributed by atoms with Crippen molar-refractivity contribution in [2.45, 2.75) is 31.8 Å². The van der Waals surface area contributed by atoms with E-state index in [4.69, 9.17) is 0 Å². The van der Waals surface area contributed by atoms with Crippen LogP contribution in [0.3, 0.4) is 0 Å². The molecule has 0 saturated heterocycles. The summed E-state index contributed by atoms with van der Waals surface area (Å²) in [6, 6.07) is 0. The summed E-state index contributed by atoms with van der Waals surface area (Å²) in [5, 5.41) is 22.2. The van der Waals surface area contributed by atoms with Crippen molar-refractivity contribution in [1.29, 1.82) is 0 Å². The van der Waals surface area contributed by atoms with Crippen LogP contribution in [0.4, 0.5) is 11.9 Å². The highest BCUT2D eigenvalue weighted by Gasteiger charge is 2.15. The summed E-state index contributed by atoms with van der Waals surface area (Å²) in [7, 11) is 1.89. The predicted octanol–water partition coefficient (Wildman–Crippen LogP) is 0.957. The molecule has 3 heterocycles. The van der Waals surface area contributed by atoms with E-state index in [-0.39, 0.29) is 11.7 Å². The Morgan fingerprint density at radius 2 is 2.00 bits per heavy atom. The number of nitrogens with zero attached hydrogens (tertiary/aromatic N) is 7. The first-order valence-corrected chi connectivity index (χ1v) is 10.6. The van der Waals surface area contributed by atoms with Gasteiger partial charge < -0.3 is 16.0 Å². The molecule has 3 rings (SSSR count). The summed E-state index contributed by atoms with van der Waals surface area (Å²) in [6.45, 7) is 5.97. The quantitative estimate of drug-likeness (QED) is 0.308. The average Bonchev–Trinajstić information content (AvgIpc) is 3.30. The van der Waals surface area contributed by atoms with Gasteiger partial charge in [0.1, 0.15) is 0 Å². The standard InChI is InChI=1S/C17H26N10OS/c1-4-18-14-22-15(19-5-2)27-16(23-14)24-25-17(27)29-11-13(28)20-8-6-7-12-9-21-26(3)10-12/h9-10H,4-8,11H2,1-3H3,(H,20,28)(H2,18,19,22,23,24). The monoisotopic (exact) mass is 418 g/mol. The Morgan fingerprint density at radius 3 is 2.72 bits per heavy atom. The Bertz CT molecular complexity index is 953. The smallest absolute Gasteiger partial charge is 0.261 e. The summed E-state index contributed by atoms with van der Waals surface area (Å²) < 4.78 is 3.50. The van der Waals surface area contributed by atoms with Crippen molar-refractivity contribution in [2.24, 2.45) is 7.05 Å². The van der Waals surface area contributed by atoms with Gasteiger partial charge in [-0.15, -0.1) is 10.2 Å². The molecule has 0 spiro atoms. The van der Waals surface area contributed by atoms with E-state index >= 15 is 0 Å².